The van der Waals surface area contributed by atoms with Crippen molar-refractivity contribution in [3.05, 3.63) is 59.2 Å². The smallest absolute Gasteiger partial charge is 0.295 e. The van der Waals surface area contributed by atoms with E-state index in [0.29, 0.717) is 54.0 Å². The lowest BCUT2D eigenvalue weighted by molar-refractivity contribution is -0.140. The Kier molecular flexibility index (Phi) is 10.2. The van der Waals surface area contributed by atoms with Gasteiger partial charge >= 0.3 is 0 Å². The molecule has 1 unspecified atom stereocenters. The second kappa shape index (κ2) is 13.3. The number of rotatable bonds is 13. The van der Waals surface area contributed by atoms with Gasteiger partial charge in [-0.2, -0.15) is 0 Å². The van der Waals surface area contributed by atoms with E-state index in [-0.39, 0.29) is 11.3 Å². The molecule has 1 amide bonds. The zero-order valence-corrected chi connectivity index (χ0v) is 23.3. The van der Waals surface area contributed by atoms with Crippen LogP contribution in [0.15, 0.2) is 48.0 Å². The lowest BCUT2D eigenvalue weighted by Crippen LogP contribution is -2.38. The minimum Gasteiger partial charge on any atom is -0.507 e. The third kappa shape index (κ3) is 6.48. The molecule has 0 spiro atoms. The van der Waals surface area contributed by atoms with Gasteiger partial charge in [0.05, 0.1) is 32.4 Å². The molecule has 206 valence electrons. The summed E-state index contributed by atoms with van der Waals surface area (Å²) in [5.41, 5.74) is 1.14. The average Bonchev–Trinajstić information content (AvgIpc) is 3.18. The maximum absolute atomic E-state index is 13.3. The van der Waals surface area contributed by atoms with Gasteiger partial charge in [-0.25, -0.2) is 0 Å². The highest BCUT2D eigenvalue weighted by Crippen LogP contribution is 2.42. The van der Waals surface area contributed by atoms with Gasteiger partial charge in [0.15, 0.2) is 11.5 Å². The Morgan fingerprint density at radius 2 is 1.68 bits per heavy atom. The second-order valence-electron chi connectivity index (χ2n) is 9.69. The highest BCUT2D eigenvalue weighted by Gasteiger charge is 2.46. The number of methoxy groups -OCH3 is 2. The van der Waals surface area contributed by atoms with Gasteiger partial charge in [0.1, 0.15) is 11.5 Å². The fourth-order valence-electron chi connectivity index (χ4n) is 4.53. The molecule has 1 N–H and O–H groups in total. The molecular formula is C30H40N2O6. The number of aliphatic hydroxyl groups is 1. The number of likely N-dealkylation sites (N-methyl/N-ethyl adjacent to an activating group) is 1. The molecule has 2 aromatic rings. The van der Waals surface area contributed by atoms with Gasteiger partial charge in [-0.15, -0.1) is 0 Å². The molecule has 1 heterocycles. The van der Waals surface area contributed by atoms with Crippen LogP contribution < -0.4 is 14.2 Å². The number of Topliss-reactive ketones (excluding diaryl/α,β-unsaturated/α-hetero) is 1. The number of hydrogen-bond acceptors (Lipinski definition) is 7. The summed E-state index contributed by atoms with van der Waals surface area (Å²) < 4.78 is 16.8. The van der Waals surface area contributed by atoms with E-state index < -0.39 is 17.7 Å². The number of nitrogens with zero attached hydrogens (tertiary/aromatic N) is 2. The van der Waals surface area contributed by atoms with Gasteiger partial charge in [0.2, 0.25) is 0 Å². The highest BCUT2D eigenvalue weighted by molar-refractivity contribution is 6.46. The summed E-state index contributed by atoms with van der Waals surface area (Å²) in [7, 11) is 3.11. The third-order valence-electron chi connectivity index (χ3n) is 6.91. The standard InChI is InChI=1S/C30H40N2O6/c1-7-31(8-2)16-17-32-27(22-11-14-24(25(19-22)37-6)38-18-15-20(3)4)26(29(34)30(32)35)28(33)21-9-12-23(36-5)13-10-21/h9-14,19-20,27,33H,7-8,15-18H2,1-6H3. The van der Waals surface area contributed by atoms with Gasteiger partial charge in [-0.05, 0) is 67.4 Å². The molecule has 1 atom stereocenters. The van der Waals surface area contributed by atoms with Crippen molar-refractivity contribution in [2.75, 3.05) is 47.0 Å². The van der Waals surface area contributed by atoms with Crippen LogP contribution in [0.1, 0.15) is 51.3 Å². The van der Waals surface area contributed by atoms with Crippen LogP contribution >= 0.6 is 0 Å². The molecule has 0 aliphatic carbocycles. The third-order valence-corrected chi connectivity index (χ3v) is 6.91. The molecule has 2 aromatic carbocycles. The summed E-state index contributed by atoms with van der Waals surface area (Å²) in [5, 5.41) is 11.3. The quantitative estimate of drug-likeness (QED) is 0.227. The van der Waals surface area contributed by atoms with Crippen molar-refractivity contribution >= 4 is 17.4 Å². The van der Waals surface area contributed by atoms with Gasteiger partial charge in [-0.1, -0.05) is 33.8 Å². The number of amides is 1. The number of aliphatic hydroxyl groups excluding tert-OH is 1. The Morgan fingerprint density at radius 3 is 2.26 bits per heavy atom. The lowest BCUT2D eigenvalue weighted by Gasteiger charge is -2.28. The van der Waals surface area contributed by atoms with E-state index in [2.05, 4.69) is 32.6 Å². The number of carbonyl (C=O) groups is 2. The van der Waals surface area contributed by atoms with Crippen LogP contribution in [-0.2, 0) is 9.59 Å². The zero-order valence-electron chi connectivity index (χ0n) is 23.3. The van der Waals surface area contributed by atoms with Crippen LogP contribution in [0.25, 0.3) is 5.76 Å². The average molecular weight is 525 g/mol. The molecule has 1 aliphatic rings. The fourth-order valence-corrected chi connectivity index (χ4v) is 4.53. The Bertz CT molecular complexity index is 1140. The van der Waals surface area contributed by atoms with Crippen LogP contribution in [-0.4, -0.2) is 73.6 Å². The second-order valence-corrected chi connectivity index (χ2v) is 9.69. The number of ether oxygens (including phenoxy) is 3. The van der Waals surface area contributed by atoms with Crippen LogP contribution in [0.4, 0.5) is 0 Å². The summed E-state index contributed by atoms with van der Waals surface area (Å²) in [6.07, 6.45) is 0.901. The molecule has 8 nitrogen and oxygen atoms in total. The summed E-state index contributed by atoms with van der Waals surface area (Å²) in [4.78, 5) is 30.4. The van der Waals surface area contributed by atoms with Crippen molar-refractivity contribution in [2.24, 2.45) is 5.92 Å². The predicted octanol–water partition coefficient (Wildman–Crippen LogP) is 4.89. The first-order chi connectivity index (χ1) is 18.2. The fraction of sp³-hybridized carbons (Fsp3) is 0.467. The largest absolute Gasteiger partial charge is 0.507 e. The molecule has 1 fully saturated rings. The topological polar surface area (TPSA) is 88.5 Å². The van der Waals surface area contributed by atoms with Crippen molar-refractivity contribution < 1.29 is 28.9 Å². The van der Waals surface area contributed by atoms with Gasteiger partial charge in [0.25, 0.3) is 11.7 Å². The van der Waals surface area contributed by atoms with Gasteiger partial charge < -0.3 is 29.1 Å². The molecule has 0 aromatic heterocycles. The Balaban J connectivity index is 2.07. The number of carbonyl (C=O) groups excluding carboxylic acids is 2. The van der Waals surface area contributed by atoms with Gasteiger partial charge in [0, 0.05) is 18.7 Å². The number of hydrogen-bond donors (Lipinski definition) is 1. The first-order valence-corrected chi connectivity index (χ1v) is 13.2. The number of likely N-dealkylation sites (tertiary alicyclic amines) is 1. The Morgan fingerprint density at radius 1 is 1.00 bits per heavy atom. The highest BCUT2D eigenvalue weighted by atomic mass is 16.5. The summed E-state index contributed by atoms with van der Waals surface area (Å²) in [6, 6.07) is 11.4. The minimum atomic E-state index is -0.772. The summed E-state index contributed by atoms with van der Waals surface area (Å²) in [5.74, 6) is 0.654. The van der Waals surface area contributed by atoms with Crippen molar-refractivity contribution in [3.63, 3.8) is 0 Å². The zero-order chi connectivity index (χ0) is 27.8. The Hall–Kier alpha value is -3.52. The maximum Gasteiger partial charge on any atom is 0.295 e. The van der Waals surface area contributed by atoms with E-state index in [0.717, 1.165) is 19.5 Å². The molecule has 8 heteroatoms. The van der Waals surface area contributed by atoms with E-state index in [1.165, 1.54) is 0 Å². The van der Waals surface area contributed by atoms with Crippen molar-refractivity contribution in [3.8, 4) is 17.2 Å². The van der Waals surface area contributed by atoms with E-state index in [1.54, 1.807) is 55.5 Å². The molecule has 1 aliphatic heterocycles. The van der Waals surface area contributed by atoms with E-state index >= 15 is 0 Å². The van der Waals surface area contributed by atoms with Crippen molar-refractivity contribution in [2.45, 2.75) is 40.2 Å². The maximum atomic E-state index is 13.3. The SMILES string of the molecule is CCN(CC)CCN1C(=O)C(=O)C(=C(O)c2ccc(OC)cc2)C1c1ccc(OCCC(C)C)c(OC)c1. The number of benzene rings is 2. The van der Waals surface area contributed by atoms with E-state index in [4.69, 9.17) is 14.2 Å². The molecule has 3 rings (SSSR count). The molecule has 38 heavy (non-hydrogen) atoms. The van der Waals surface area contributed by atoms with Crippen LogP contribution in [0.5, 0.6) is 17.2 Å². The normalized spacial score (nSPS) is 16.9. The van der Waals surface area contributed by atoms with Crippen molar-refractivity contribution in [1.29, 1.82) is 0 Å². The van der Waals surface area contributed by atoms with Crippen LogP contribution in [0.2, 0.25) is 0 Å². The van der Waals surface area contributed by atoms with E-state index in [1.807, 2.05) is 6.07 Å². The minimum absolute atomic E-state index is 0.0512. The molecule has 0 bridgehead atoms. The van der Waals surface area contributed by atoms with Gasteiger partial charge in [-0.3, -0.25) is 9.59 Å². The monoisotopic (exact) mass is 524 g/mol. The van der Waals surface area contributed by atoms with Crippen LogP contribution in [0.3, 0.4) is 0 Å². The van der Waals surface area contributed by atoms with E-state index in [9.17, 15) is 14.7 Å². The summed E-state index contributed by atoms with van der Waals surface area (Å²) in [6.45, 7) is 11.5. The molecule has 1 saturated heterocycles. The number of ketones is 1. The summed E-state index contributed by atoms with van der Waals surface area (Å²) >= 11 is 0. The Labute approximate surface area is 225 Å². The van der Waals surface area contributed by atoms with Crippen molar-refractivity contribution in [1.82, 2.24) is 9.80 Å². The predicted molar refractivity (Wildman–Crippen MR) is 148 cm³/mol. The lowest BCUT2D eigenvalue weighted by atomic mass is 9.95. The molecule has 0 saturated carbocycles. The molecule has 0 radical (unpaired) electrons. The first-order valence-electron chi connectivity index (χ1n) is 13.2. The van der Waals surface area contributed by atoms with Crippen LogP contribution in [0, 0.1) is 5.92 Å². The first kappa shape index (κ1) is 29.0. The molecular weight excluding hydrogens is 484 g/mol.